The molecule has 0 aliphatic heterocycles. The van der Waals surface area contributed by atoms with Crippen molar-refractivity contribution in [2.24, 2.45) is 0 Å². The van der Waals surface area contributed by atoms with Gasteiger partial charge in [0.1, 0.15) is 0 Å². The van der Waals surface area contributed by atoms with Crippen molar-refractivity contribution < 1.29 is 50.6 Å². The second kappa shape index (κ2) is 9.18. The Labute approximate surface area is 101 Å². The van der Waals surface area contributed by atoms with Gasteiger partial charge < -0.3 is 0 Å². The van der Waals surface area contributed by atoms with Gasteiger partial charge in [0.25, 0.3) is 0 Å². The Morgan fingerprint density at radius 1 is 0.562 bits per heavy atom. The van der Waals surface area contributed by atoms with Gasteiger partial charge in [-0.3, -0.25) is 13.7 Å². The molecule has 1 radical (unpaired) electrons. The molecule has 0 aliphatic rings. The van der Waals surface area contributed by atoms with Gasteiger partial charge >= 0.3 is 31.5 Å². The van der Waals surface area contributed by atoms with Crippen LogP contribution in [-0.4, -0.2) is 57.8 Å². The van der Waals surface area contributed by atoms with Crippen molar-refractivity contribution in [3.63, 3.8) is 0 Å². The fraction of sp³-hybridized carbons (Fsp3) is 0. The first-order valence-corrected chi connectivity index (χ1v) is 6.03. The van der Waals surface area contributed by atoms with Crippen LogP contribution in [0.3, 0.4) is 0 Å². The molecule has 0 bridgehead atoms. The molecule has 0 fully saturated rings. The largest absolute Gasteiger partial charge is 0.435 e. The van der Waals surface area contributed by atoms with Crippen LogP contribution < -0.4 is 0 Å². The van der Waals surface area contributed by atoms with Crippen molar-refractivity contribution in [1.82, 2.24) is 0 Å². The molecule has 0 saturated heterocycles. The van der Waals surface area contributed by atoms with Gasteiger partial charge in [-0.05, 0) is 0 Å². The van der Waals surface area contributed by atoms with Gasteiger partial charge in [-0.2, -0.15) is 25.3 Å². The molecule has 0 heterocycles. The van der Waals surface area contributed by atoms with E-state index < -0.39 is 31.5 Å². The first kappa shape index (κ1) is 25.1. The minimum absolute atomic E-state index is 0. The maximum atomic E-state index is 10.2. The monoisotopic (exact) mass is 307 g/mol. The summed E-state index contributed by atoms with van der Waals surface area (Å²) in [6, 6.07) is 0. The van der Waals surface area contributed by atoms with Gasteiger partial charge in [-0.1, -0.05) is 11.7 Å². The van der Waals surface area contributed by atoms with Gasteiger partial charge in [0.15, 0.2) is 0 Å². The molecular formula is H3F3LiO9S3. The van der Waals surface area contributed by atoms with Crippen LogP contribution >= 0.6 is 0 Å². The summed E-state index contributed by atoms with van der Waals surface area (Å²) in [4.78, 5) is 0. The van der Waals surface area contributed by atoms with Crippen molar-refractivity contribution in [3.8, 4) is 0 Å². The van der Waals surface area contributed by atoms with E-state index in [0.717, 1.165) is 0 Å². The predicted molar refractivity (Wildman–Crippen MR) is 43.7 cm³/mol. The van der Waals surface area contributed by atoms with E-state index in [9.17, 15) is 11.7 Å². The Hall–Kier alpha value is 0.117. The quantitative estimate of drug-likeness (QED) is 0.286. The minimum atomic E-state index is -5.17. The Morgan fingerprint density at radius 3 is 0.562 bits per heavy atom. The molecule has 0 rings (SSSR count). The molecule has 0 aromatic heterocycles. The Balaban J connectivity index is -0.0000000655. The fourth-order valence-corrected chi connectivity index (χ4v) is 0. The van der Waals surface area contributed by atoms with Gasteiger partial charge in [0.05, 0.1) is 0 Å². The molecule has 3 N–H and O–H groups in total. The number of hydrogen-bond acceptors (Lipinski definition) is 6. The summed E-state index contributed by atoms with van der Waals surface area (Å²) in [5.41, 5.74) is 0. The molecule has 0 spiro atoms. The molecular weight excluding hydrogens is 304 g/mol. The van der Waals surface area contributed by atoms with Crippen molar-refractivity contribution in [2.45, 2.75) is 0 Å². The van der Waals surface area contributed by atoms with Crippen molar-refractivity contribution in [3.05, 3.63) is 0 Å². The van der Waals surface area contributed by atoms with Gasteiger partial charge in [-0.25, -0.2) is 0 Å². The van der Waals surface area contributed by atoms with E-state index in [1.165, 1.54) is 0 Å². The first-order valence-electron chi connectivity index (χ1n) is 2.01. The topological polar surface area (TPSA) is 163 Å². The van der Waals surface area contributed by atoms with E-state index in [-0.39, 0.29) is 18.9 Å². The predicted octanol–water partition coefficient (Wildman–Crippen LogP) is -1.10. The molecule has 0 unspecified atom stereocenters. The van der Waals surface area contributed by atoms with Crippen LogP contribution in [0.5, 0.6) is 0 Å². The maximum Gasteiger partial charge on any atom is 0.435 e. The summed E-state index contributed by atoms with van der Waals surface area (Å²) in [6.07, 6.45) is 0. The molecule has 0 amide bonds. The summed E-state index contributed by atoms with van der Waals surface area (Å²) in [6.45, 7) is 0. The zero-order valence-corrected chi connectivity index (χ0v) is 9.60. The van der Waals surface area contributed by atoms with E-state index in [1.807, 2.05) is 0 Å². The second-order valence-corrected chi connectivity index (χ2v) is 3.71. The summed E-state index contributed by atoms with van der Waals surface area (Å²) in [5.74, 6) is 0. The molecule has 0 aromatic rings. The van der Waals surface area contributed by atoms with Crippen molar-refractivity contribution in [2.75, 3.05) is 0 Å². The third-order valence-corrected chi connectivity index (χ3v) is 0. The van der Waals surface area contributed by atoms with Gasteiger partial charge in [-0.15, -0.1) is 0 Å². The average molecular weight is 307 g/mol. The van der Waals surface area contributed by atoms with Crippen LogP contribution in [0.15, 0.2) is 0 Å². The number of halogens is 3. The van der Waals surface area contributed by atoms with E-state index in [0.29, 0.717) is 0 Å². The summed E-state index contributed by atoms with van der Waals surface area (Å²) in [5, 5.41) is 0. The minimum Gasteiger partial charge on any atom is -0.260 e. The molecule has 97 valence electrons. The summed E-state index contributed by atoms with van der Waals surface area (Å²) >= 11 is 0. The zero-order chi connectivity index (χ0) is 13.5. The molecule has 0 saturated carbocycles. The standard InChI is InChI=1S/3FHO3S.Li/c3*1-5(2,3)4;/h3*(H,2,3,4);. The molecule has 0 aliphatic carbocycles. The van der Waals surface area contributed by atoms with E-state index in [2.05, 4.69) is 0 Å². The SMILES string of the molecule is O=S(=O)(O)F.O=S(=O)(O)F.O=S(=O)(O)F.[Li]. The third-order valence-electron chi connectivity index (χ3n) is 0. The molecule has 16 heteroatoms. The molecule has 0 aromatic carbocycles. The first-order chi connectivity index (χ1) is 6.00. The number of hydrogen-bond donors (Lipinski definition) is 3. The Morgan fingerprint density at radius 2 is 0.562 bits per heavy atom. The Bertz CT molecular complexity index is 347. The van der Waals surface area contributed by atoms with E-state index >= 15 is 0 Å². The molecule has 9 nitrogen and oxygen atoms in total. The van der Waals surface area contributed by atoms with Crippen LogP contribution in [-0.2, 0) is 31.5 Å². The van der Waals surface area contributed by atoms with Gasteiger partial charge in [0, 0.05) is 18.9 Å². The maximum absolute atomic E-state index is 10.2. The van der Waals surface area contributed by atoms with Crippen molar-refractivity contribution >= 4 is 50.4 Å². The second-order valence-electron chi connectivity index (χ2n) is 1.24. The van der Waals surface area contributed by atoms with Crippen LogP contribution in [0.25, 0.3) is 0 Å². The summed E-state index contributed by atoms with van der Waals surface area (Å²) < 4.78 is 102. The van der Waals surface area contributed by atoms with Crippen LogP contribution in [0.1, 0.15) is 0 Å². The molecule has 16 heavy (non-hydrogen) atoms. The van der Waals surface area contributed by atoms with Crippen LogP contribution in [0.4, 0.5) is 11.7 Å². The third kappa shape index (κ3) is 176000. The van der Waals surface area contributed by atoms with Crippen LogP contribution in [0.2, 0.25) is 0 Å². The number of rotatable bonds is 0. The molecule has 0 atom stereocenters. The zero-order valence-electron chi connectivity index (χ0n) is 7.15. The Kier molecular flexibility index (Phi) is 14.4. The van der Waals surface area contributed by atoms with E-state index in [1.54, 1.807) is 0 Å². The summed E-state index contributed by atoms with van der Waals surface area (Å²) in [7, 11) is -15.5. The van der Waals surface area contributed by atoms with Crippen LogP contribution in [0, 0.1) is 0 Å². The average Bonchev–Trinajstić information content (AvgIpc) is 1.41. The normalized spacial score (nSPS) is 10.9. The fourth-order valence-electron chi connectivity index (χ4n) is 0. The van der Waals surface area contributed by atoms with Crippen molar-refractivity contribution in [1.29, 1.82) is 0 Å². The van der Waals surface area contributed by atoms with Gasteiger partial charge in [0.2, 0.25) is 0 Å². The smallest absolute Gasteiger partial charge is 0.260 e. The van der Waals surface area contributed by atoms with E-state index in [4.69, 9.17) is 38.9 Å².